The van der Waals surface area contributed by atoms with E-state index < -0.39 is 101 Å². The van der Waals surface area contributed by atoms with Crippen LogP contribution in [0.4, 0.5) is 93.1 Å². The van der Waals surface area contributed by atoms with Gasteiger partial charge in [-0.15, -0.1) is 0 Å². The van der Waals surface area contributed by atoms with Crippen LogP contribution < -0.4 is 180 Å². The van der Waals surface area contributed by atoms with Crippen molar-refractivity contribution in [3.05, 3.63) is 192 Å². The zero-order valence-electron chi connectivity index (χ0n) is 66.7. The average Bonchev–Trinajstić information content (AvgIpc) is 0.797. The van der Waals surface area contributed by atoms with Crippen LogP contribution in [0.25, 0.3) is 24.3 Å². The molecule has 60 heteroatoms. The summed E-state index contributed by atoms with van der Waals surface area (Å²) in [4.78, 5) is 44.6. The SMILES string of the molecule is COc1nc(Nc2ccc(S(=O)(=O)O)cc2)nc(Nc2ccc(C=Cc3ccc(Nc4nc(Nc5ccc(S(=O)(=O)O)cc5)nc(OC)n4)cc3S(=O)(=O)[O-])c(S(=O)(=O)[O-])c2)n1.COc1nc(Nc2ccc(S(=O)(=O)O)cc2)nc(Nc2ccc(C=Cc3ccc(Nc4nc(Nc5ccc(S(=O)(=O)O)cc5)nc(OC)n4)cc3S(=O)(=O)[O-])c(S(=O)(=O)[O-])c2)n1.[Na+].[Na+].[Na+].[Na+]. The molecule has 12 rings (SSSR count). The Labute approximate surface area is 816 Å². The molecule has 0 radical (unpaired) electrons. The van der Waals surface area contributed by atoms with Crippen LogP contribution in [0.5, 0.6) is 24.0 Å². The first-order chi connectivity index (χ1) is 58.1. The van der Waals surface area contributed by atoms with Gasteiger partial charge in [-0.25, -0.2) is 33.7 Å². The molecule has 0 aliphatic carbocycles. The van der Waals surface area contributed by atoms with Gasteiger partial charge < -0.3 is 79.7 Å². The van der Waals surface area contributed by atoms with Crippen LogP contribution in [0.1, 0.15) is 22.3 Å². The fraction of sp³-hybridized carbons (Fsp3) is 0.0588. The van der Waals surface area contributed by atoms with Gasteiger partial charge in [-0.3, -0.25) is 18.2 Å². The molecule has 0 aliphatic heterocycles. The monoisotopic (exact) mass is 1950 g/mol. The third-order valence-electron chi connectivity index (χ3n) is 15.9. The summed E-state index contributed by atoms with van der Waals surface area (Å²) in [5.74, 6) is -1.22. The van der Waals surface area contributed by atoms with Gasteiger partial charge >= 0.3 is 142 Å². The molecular formula is C68H56N20Na4O28S8. The maximum absolute atomic E-state index is 12.4. The molecule has 0 spiro atoms. The van der Waals surface area contributed by atoms with E-state index in [-0.39, 0.29) is 254 Å². The largest absolute Gasteiger partial charge is 1.00 e. The van der Waals surface area contributed by atoms with Crippen molar-refractivity contribution in [2.24, 2.45) is 0 Å². The smallest absolute Gasteiger partial charge is 0.744 e. The van der Waals surface area contributed by atoms with E-state index in [0.29, 0.717) is 22.7 Å². The Kier molecular flexibility index (Phi) is 35.9. The maximum Gasteiger partial charge on any atom is 1.00 e. The second-order valence-electron chi connectivity index (χ2n) is 24.4. The Hall–Kier alpha value is -9.84. The molecule has 48 nitrogen and oxygen atoms in total. The minimum atomic E-state index is -5.20. The van der Waals surface area contributed by atoms with Crippen molar-refractivity contribution in [2.75, 3.05) is 71.0 Å². The second kappa shape index (κ2) is 43.7. The van der Waals surface area contributed by atoms with Gasteiger partial charge in [0.15, 0.2) is 0 Å². The van der Waals surface area contributed by atoms with Gasteiger partial charge in [0, 0.05) is 45.5 Å². The van der Waals surface area contributed by atoms with E-state index in [4.69, 9.17) is 18.9 Å². The molecule has 12 N–H and O–H groups in total. The van der Waals surface area contributed by atoms with Gasteiger partial charge in [-0.2, -0.15) is 93.5 Å². The van der Waals surface area contributed by atoms with Crippen molar-refractivity contribution in [2.45, 2.75) is 39.2 Å². The van der Waals surface area contributed by atoms with Gasteiger partial charge in [-0.1, -0.05) is 48.6 Å². The van der Waals surface area contributed by atoms with Crippen molar-refractivity contribution in [1.82, 2.24) is 59.8 Å². The number of aromatic nitrogens is 12. The summed E-state index contributed by atoms with van der Waals surface area (Å²) in [5.41, 5.74) is 0.373. The Morgan fingerprint density at radius 2 is 0.375 bits per heavy atom. The molecule has 0 bridgehead atoms. The van der Waals surface area contributed by atoms with Crippen LogP contribution in [0, 0.1) is 0 Å². The topological polar surface area (TPSA) is 734 Å². The van der Waals surface area contributed by atoms with Crippen molar-refractivity contribution in [3.8, 4) is 24.0 Å². The van der Waals surface area contributed by atoms with E-state index >= 15 is 0 Å². The molecular weight excluding hydrogens is 1890 g/mol. The molecule has 0 atom stereocenters. The molecule has 4 aromatic heterocycles. The van der Waals surface area contributed by atoms with Gasteiger partial charge in [0.25, 0.3) is 40.5 Å². The minimum absolute atomic E-state index is 0. The Balaban J connectivity index is 0.000000340. The van der Waals surface area contributed by atoms with E-state index in [1.165, 1.54) is 126 Å². The summed E-state index contributed by atoms with van der Waals surface area (Å²) in [5, 5.41) is 22.1. The van der Waals surface area contributed by atoms with Gasteiger partial charge in [-0.05, 0) is 168 Å². The standard InChI is InChI=1S/2C34H30N10O14S4.4Na/c2*1-57-33-41-29(35-21-9-13-25(14-10-21)59(45,46)47)39-31(43-33)37-23-7-5-19(27(17-23)61(51,52)53)3-4-20-6-8-24(18-28(20)62(54,55)56)38-32-40-30(42-34(44-32)58-2)36-22-11-15-26(16-12-22)60(48,49)50;;;;/h2*3-18H,1-2H3,(H,45,46,47)(H,48,49,50)(H,51,52,53)(H,54,55,56)(H2,35,37,39,41,43)(H2,36,38,40,42,44);;;;/q;;4*+1/p-4. The third-order valence-corrected chi connectivity index (χ3v) is 22.9. The van der Waals surface area contributed by atoms with Crippen molar-refractivity contribution in [3.63, 3.8) is 0 Å². The first-order valence-electron chi connectivity index (χ1n) is 33.6. The van der Waals surface area contributed by atoms with E-state index in [0.717, 1.165) is 97.1 Å². The van der Waals surface area contributed by atoms with Crippen LogP contribution in [-0.4, -0.2) is 192 Å². The second-order valence-corrected chi connectivity index (χ2v) is 35.4. The third kappa shape index (κ3) is 29.6. The molecule has 0 fully saturated rings. The van der Waals surface area contributed by atoms with Crippen molar-refractivity contribution >= 4 is 198 Å². The number of benzene rings is 8. The number of methoxy groups -OCH3 is 4. The number of nitrogens with zero attached hydrogens (tertiary/aromatic N) is 12. The van der Waals surface area contributed by atoms with Crippen LogP contribution in [0.3, 0.4) is 0 Å². The van der Waals surface area contributed by atoms with Crippen LogP contribution in [-0.2, 0) is 80.9 Å². The molecule has 648 valence electrons. The molecule has 128 heavy (non-hydrogen) atoms. The summed E-state index contributed by atoms with van der Waals surface area (Å²) in [6, 6.07) is 32.7. The van der Waals surface area contributed by atoms with E-state index in [2.05, 4.69) is 102 Å². The Morgan fingerprint density at radius 3 is 0.508 bits per heavy atom. The van der Waals surface area contributed by atoms with Crippen LogP contribution in [0.2, 0.25) is 0 Å². The first-order valence-corrected chi connectivity index (χ1v) is 45.0. The predicted molar refractivity (Wildman–Crippen MR) is 432 cm³/mol. The fourth-order valence-corrected chi connectivity index (χ4v) is 15.0. The predicted octanol–water partition coefficient (Wildman–Crippen LogP) is -4.94. The maximum atomic E-state index is 12.4. The summed E-state index contributed by atoms with van der Waals surface area (Å²) in [7, 11) is -33.5. The molecule has 8 aromatic carbocycles. The number of hydrogen-bond acceptors (Lipinski definition) is 44. The van der Waals surface area contributed by atoms with E-state index in [9.17, 15) is 104 Å². The van der Waals surface area contributed by atoms with E-state index in [1.807, 2.05) is 0 Å². The Bertz CT molecular complexity index is 6350. The number of nitrogens with one attached hydrogen (secondary N) is 8. The molecule has 0 unspecified atom stereocenters. The first kappa shape index (κ1) is 105. The zero-order chi connectivity index (χ0) is 90.1. The molecule has 0 saturated heterocycles. The molecule has 0 amide bonds. The summed E-state index contributed by atoms with van der Waals surface area (Å²) in [6.45, 7) is 0. The minimum Gasteiger partial charge on any atom is -0.744 e. The fourth-order valence-electron chi connectivity index (χ4n) is 10.3. The van der Waals surface area contributed by atoms with Gasteiger partial charge in [0.1, 0.15) is 40.5 Å². The van der Waals surface area contributed by atoms with Crippen molar-refractivity contribution < 1.29 is 241 Å². The molecule has 12 aromatic rings. The summed E-state index contributed by atoms with van der Waals surface area (Å²) in [6.07, 6.45) is 4.41. The van der Waals surface area contributed by atoms with Gasteiger partial charge in [0.05, 0.1) is 67.6 Å². The van der Waals surface area contributed by atoms with Crippen molar-refractivity contribution in [1.29, 1.82) is 0 Å². The summed E-state index contributed by atoms with van der Waals surface area (Å²) < 4.78 is 297. The molecule has 0 saturated carbocycles. The quantitative estimate of drug-likeness (QED) is 0.0107. The van der Waals surface area contributed by atoms with Crippen LogP contribution >= 0.6 is 0 Å². The Morgan fingerprint density at radius 1 is 0.234 bits per heavy atom. The van der Waals surface area contributed by atoms with Crippen LogP contribution in [0.15, 0.2) is 209 Å². The summed E-state index contributed by atoms with van der Waals surface area (Å²) >= 11 is 0. The normalized spacial score (nSPS) is 11.8. The number of hydrogen-bond donors (Lipinski definition) is 12. The zero-order valence-corrected chi connectivity index (χ0v) is 81.2. The molecule has 0 aliphatic rings. The van der Waals surface area contributed by atoms with E-state index in [1.54, 1.807) is 0 Å². The molecule has 4 heterocycles. The number of ether oxygens (including phenoxy) is 4. The number of rotatable bonds is 32. The average molecular weight is 1950 g/mol. The van der Waals surface area contributed by atoms with Gasteiger partial charge in [0.2, 0.25) is 47.6 Å². The number of anilines is 16.